The summed E-state index contributed by atoms with van der Waals surface area (Å²) in [6.07, 6.45) is 15.2. The Morgan fingerprint density at radius 2 is 1.94 bits per heavy atom. The van der Waals surface area contributed by atoms with Crippen LogP contribution in [0.25, 0.3) is 16.9 Å². The number of fused-ring (bicyclic) bond motifs is 1. The predicted molar refractivity (Wildman–Crippen MR) is 128 cm³/mol. The molecule has 0 radical (unpaired) electrons. The van der Waals surface area contributed by atoms with Gasteiger partial charge in [-0.15, -0.1) is 5.10 Å². The second kappa shape index (κ2) is 8.26. The first-order valence-corrected chi connectivity index (χ1v) is 11.9. The molecule has 0 spiro atoms. The first-order valence-electron chi connectivity index (χ1n) is 11.9. The van der Waals surface area contributed by atoms with Crippen molar-refractivity contribution >= 4 is 11.3 Å². The molecule has 1 saturated heterocycles. The molecule has 170 valence electrons. The highest BCUT2D eigenvalue weighted by atomic mass is 15.4. The molecule has 0 bridgehead atoms. The van der Waals surface area contributed by atoms with Crippen LogP contribution in [0.15, 0.2) is 49.2 Å². The van der Waals surface area contributed by atoms with Crippen molar-refractivity contribution in [2.24, 2.45) is 5.41 Å². The number of nitrogens with one attached hydrogen (secondary N) is 1. The van der Waals surface area contributed by atoms with Gasteiger partial charge in [-0.1, -0.05) is 18.2 Å². The van der Waals surface area contributed by atoms with Crippen LogP contribution in [-0.2, 0) is 13.1 Å². The van der Waals surface area contributed by atoms with Crippen LogP contribution in [0.2, 0.25) is 0 Å². The fraction of sp³-hybridized carbons (Fsp3) is 0.440. The average molecular weight is 443 g/mol. The highest BCUT2D eigenvalue weighted by Crippen LogP contribution is 2.44. The third-order valence-corrected chi connectivity index (χ3v) is 6.90. The van der Waals surface area contributed by atoms with Gasteiger partial charge in [-0.2, -0.15) is 0 Å². The number of hydrogen-bond acceptors (Lipinski definition) is 6. The van der Waals surface area contributed by atoms with E-state index in [4.69, 9.17) is 4.98 Å². The Bertz CT molecular complexity index is 1260. The van der Waals surface area contributed by atoms with E-state index in [2.05, 4.69) is 67.4 Å². The number of hydrogen-bond donors (Lipinski definition) is 1. The van der Waals surface area contributed by atoms with Crippen LogP contribution in [0.3, 0.4) is 0 Å². The van der Waals surface area contributed by atoms with Gasteiger partial charge in [-0.25, -0.2) is 9.67 Å². The number of rotatable bonds is 8. The molecule has 33 heavy (non-hydrogen) atoms. The zero-order chi connectivity index (χ0) is 22.3. The molecule has 5 heterocycles. The van der Waals surface area contributed by atoms with E-state index in [1.54, 1.807) is 0 Å². The van der Waals surface area contributed by atoms with Gasteiger partial charge in [-0.3, -0.25) is 4.98 Å². The summed E-state index contributed by atoms with van der Waals surface area (Å²) in [5.41, 5.74) is 6.70. The number of nitrogens with zero attached hydrogens (tertiary/aromatic N) is 7. The second-order valence-electron chi connectivity index (χ2n) is 9.88. The first-order chi connectivity index (χ1) is 16.1. The lowest BCUT2D eigenvalue weighted by atomic mass is 10.1. The molecule has 8 heteroatoms. The van der Waals surface area contributed by atoms with Gasteiger partial charge in [0.2, 0.25) is 0 Å². The van der Waals surface area contributed by atoms with Crippen molar-refractivity contribution in [3.8, 4) is 11.3 Å². The summed E-state index contributed by atoms with van der Waals surface area (Å²) in [5, 5.41) is 12.3. The molecule has 4 aromatic rings. The topological polar surface area (TPSA) is 76.2 Å². The molecule has 1 N–H and O–H groups in total. The van der Waals surface area contributed by atoms with E-state index in [1.165, 1.54) is 31.2 Å². The number of imidazole rings is 1. The van der Waals surface area contributed by atoms with Crippen molar-refractivity contribution in [1.29, 1.82) is 0 Å². The predicted octanol–water partition coefficient (Wildman–Crippen LogP) is 3.53. The van der Waals surface area contributed by atoms with Gasteiger partial charge in [0, 0.05) is 50.3 Å². The zero-order valence-electron chi connectivity index (χ0n) is 19.1. The third-order valence-electron chi connectivity index (χ3n) is 6.90. The van der Waals surface area contributed by atoms with Crippen molar-refractivity contribution in [1.82, 2.24) is 34.7 Å². The largest absolute Gasteiger partial charge is 0.370 e. The molecule has 1 aliphatic heterocycles. The summed E-state index contributed by atoms with van der Waals surface area (Å²) in [5.74, 6) is 0. The summed E-state index contributed by atoms with van der Waals surface area (Å²) in [7, 11) is 0. The number of pyridine rings is 2. The van der Waals surface area contributed by atoms with Crippen molar-refractivity contribution in [2.75, 3.05) is 24.5 Å². The Labute approximate surface area is 193 Å². The molecule has 0 atom stereocenters. The lowest BCUT2D eigenvalue weighted by Gasteiger charge is -2.17. The minimum Gasteiger partial charge on any atom is -0.370 e. The van der Waals surface area contributed by atoms with Gasteiger partial charge < -0.3 is 14.6 Å². The molecule has 1 aliphatic carbocycles. The van der Waals surface area contributed by atoms with Crippen LogP contribution in [-0.4, -0.2) is 49.0 Å². The maximum Gasteiger partial charge on any atom is 0.137 e. The van der Waals surface area contributed by atoms with Gasteiger partial charge in [0.05, 0.1) is 30.3 Å². The minimum atomic E-state index is 0.522. The van der Waals surface area contributed by atoms with E-state index in [9.17, 15) is 0 Å². The Kier molecular flexibility index (Phi) is 5.10. The van der Waals surface area contributed by atoms with Crippen LogP contribution in [0.1, 0.15) is 43.9 Å². The molecule has 0 amide bonds. The Balaban J connectivity index is 1.14. The summed E-state index contributed by atoms with van der Waals surface area (Å²) in [6, 6.07) is 6.40. The van der Waals surface area contributed by atoms with E-state index in [0.717, 1.165) is 54.5 Å². The van der Waals surface area contributed by atoms with E-state index in [1.807, 2.05) is 23.3 Å². The molecule has 8 nitrogen and oxygen atoms in total. The molecule has 2 aliphatic rings. The third kappa shape index (κ3) is 4.48. The Morgan fingerprint density at radius 1 is 1.06 bits per heavy atom. The van der Waals surface area contributed by atoms with E-state index in [0.29, 0.717) is 12.0 Å². The lowest BCUT2D eigenvalue weighted by Crippen LogP contribution is -2.21. The second-order valence-corrected chi connectivity index (χ2v) is 9.88. The van der Waals surface area contributed by atoms with E-state index in [-0.39, 0.29) is 0 Å². The molecule has 0 aromatic carbocycles. The minimum absolute atomic E-state index is 0.522. The van der Waals surface area contributed by atoms with E-state index >= 15 is 0 Å². The highest BCUT2D eigenvalue weighted by Gasteiger charge is 2.36. The van der Waals surface area contributed by atoms with Crippen LogP contribution < -0.4 is 10.2 Å². The summed E-state index contributed by atoms with van der Waals surface area (Å²) < 4.78 is 3.95. The fourth-order valence-corrected chi connectivity index (χ4v) is 4.56. The van der Waals surface area contributed by atoms with Gasteiger partial charge in [0.1, 0.15) is 11.3 Å². The van der Waals surface area contributed by atoms with Crippen molar-refractivity contribution < 1.29 is 0 Å². The van der Waals surface area contributed by atoms with Crippen LogP contribution in [0.4, 0.5) is 5.69 Å². The fourth-order valence-electron chi connectivity index (χ4n) is 4.56. The molecule has 6 rings (SSSR count). The summed E-state index contributed by atoms with van der Waals surface area (Å²) in [6.45, 7) is 7.11. The quantitative estimate of drug-likeness (QED) is 0.450. The van der Waals surface area contributed by atoms with Gasteiger partial charge in [0.15, 0.2) is 0 Å². The monoisotopic (exact) mass is 442 g/mol. The highest BCUT2D eigenvalue weighted by molar-refractivity contribution is 5.63. The Hall–Kier alpha value is -3.26. The standard InChI is InChI=1S/C25H30N8/c1-25(6-7-25)18-27-11-19-4-5-24-28-21(15-32(24)14-19)16-33-17-23(29-30-33)20-10-22(13-26-12-20)31-8-2-3-9-31/h4-5,10,12-15,17,27H,2-3,6-9,11,16,18H2,1H3. The van der Waals surface area contributed by atoms with Crippen molar-refractivity contribution in [3.63, 3.8) is 0 Å². The molecular weight excluding hydrogens is 412 g/mol. The maximum absolute atomic E-state index is 4.76. The van der Waals surface area contributed by atoms with Crippen LogP contribution >= 0.6 is 0 Å². The summed E-state index contributed by atoms with van der Waals surface area (Å²) >= 11 is 0. The smallest absolute Gasteiger partial charge is 0.137 e. The van der Waals surface area contributed by atoms with Crippen LogP contribution in [0.5, 0.6) is 0 Å². The number of aromatic nitrogens is 6. The van der Waals surface area contributed by atoms with Crippen molar-refractivity contribution in [3.05, 3.63) is 60.4 Å². The van der Waals surface area contributed by atoms with E-state index < -0.39 is 0 Å². The number of anilines is 1. The van der Waals surface area contributed by atoms with Gasteiger partial charge in [-0.05, 0) is 48.8 Å². The molecule has 4 aromatic heterocycles. The lowest BCUT2D eigenvalue weighted by molar-refractivity contribution is 0.499. The first kappa shape index (κ1) is 20.4. The Morgan fingerprint density at radius 3 is 2.79 bits per heavy atom. The van der Waals surface area contributed by atoms with Crippen LogP contribution in [0, 0.1) is 5.41 Å². The molecule has 2 fully saturated rings. The van der Waals surface area contributed by atoms with Crippen molar-refractivity contribution in [2.45, 2.75) is 45.7 Å². The molecule has 1 saturated carbocycles. The molecule has 0 unspecified atom stereocenters. The normalized spacial score (nSPS) is 17.2. The average Bonchev–Trinajstić information content (AvgIpc) is 3.28. The maximum atomic E-state index is 4.76. The SMILES string of the molecule is CC1(CNCc2ccc3nc(Cn4cc(-c5cncc(N6CCCC6)c5)nn4)cn3c2)CC1. The van der Waals surface area contributed by atoms with Gasteiger partial charge >= 0.3 is 0 Å². The van der Waals surface area contributed by atoms with Gasteiger partial charge in [0.25, 0.3) is 0 Å². The summed E-state index contributed by atoms with van der Waals surface area (Å²) in [4.78, 5) is 11.6. The molecular formula is C25H30N8. The zero-order valence-corrected chi connectivity index (χ0v) is 19.1.